The Kier molecular flexibility index (Phi) is 5.90. The summed E-state index contributed by atoms with van der Waals surface area (Å²) in [6.45, 7) is 10.4. The van der Waals surface area contributed by atoms with Crippen LogP contribution in [0.25, 0.3) is 10.9 Å². The predicted octanol–water partition coefficient (Wildman–Crippen LogP) is 4.88. The number of carbonyl (C=O) groups is 1. The number of ether oxygens (including phenoxy) is 2. The van der Waals surface area contributed by atoms with E-state index in [1.807, 2.05) is 40.7 Å². The van der Waals surface area contributed by atoms with Gasteiger partial charge in [0, 0.05) is 29.6 Å². The molecule has 3 aromatic rings. The molecule has 4 rings (SSSR count). The van der Waals surface area contributed by atoms with Crippen molar-refractivity contribution in [1.82, 2.24) is 8.87 Å². The van der Waals surface area contributed by atoms with Crippen LogP contribution in [0.15, 0.2) is 47.4 Å². The Morgan fingerprint density at radius 3 is 2.42 bits per heavy atom. The smallest absolute Gasteiger partial charge is 0.410 e. The molecule has 0 unspecified atom stereocenters. The van der Waals surface area contributed by atoms with Crippen LogP contribution in [-0.4, -0.2) is 42.1 Å². The zero-order valence-electron chi connectivity index (χ0n) is 19.7. The summed E-state index contributed by atoms with van der Waals surface area (Å²) in [5.41, 5.74) is 2.46. The molecule has 8 heteroatoms. The Hall–Kier alpha value is -3.00. The van der Waals surface area contributed by atoms with Crippen molar-refractivity contribution in [3.8, 4) is 5.75 Å². The van der Waals surface area contributed by atoms with Crippen LogP contribution in [-0.2, 0) is 27.7 Å². The van der Waals surface area contributed by atoms with E-state index in [1.54, 1.807) is 41.3 Å². The standard InChI is InChI=1S/C25H30N2O5S/c1-6-31-18-9-12-22-20(15-18)21-16-26(24(28)32-25(3,4)5)14-13-23(21)27(22)33(29,30)19-10-7-17(2)8-11-19/h7-12,15H,6,13-14,16H2,1-5H3. The van der Waals surface area contributed by atoms with Crippen LogP contribution in [0.4, 0.5) is 4.79 Å². The lowest BCUT2D eigenvalue weighted by Crippen LogP contribution is -2.40. The van der Waals surface area contributed by atoms with Crippen molar-refractivity contribution < 1.29 is 22.7 Å². The Balaban J connectivity index is 1.86. The van der Waals surface area contributed by atoms with Crippen molar-refractivity contribution in [2.24, 2.45) is 0 Å². The zero-order valence-corrected chi connectivity index (χ0v) is 20.5. The largest absolute Gasteiger partial charge is 0.494 e. The van der Waals surface area contributed by atoms with E-state index in [0.717, 1.165) is 16.5 Å². The molecule has 1 amide bonds. The third-order valence-electron chi connectivity index (χ3n) is 5.59. The summed E-state index contributed by atoms with van der Waals surface area (Å²) in [6.07, 6.45) is -0.00500. The van der Waals surface area contributed by atoms with E-state index in [1.165, 1.54) is 3.97 Å². The fraction of sp³-hybridized carbons (Fsp3) is 0.400. The van der Waals surface area contributed by atoms with Gasteiger partial charge in [-0.3, -0.25) is 0 Å². The number of fused-ring (bicyclic) bond motifs is 3. The summed E-state index contributed by atoms with van der Waals surface area (Å²) in [5, 5.41) is 0.764. The van der Waals surface area contributed by atoms with Crippen LogP contribution in [0.1, 0.15) is 44.5 Å². The molecule has 1 aliphatic rings. The van der Waals surface area contributed by atoms with Gasteiger partial charge in [-0.15, -0.1) is 0 Å². The van der Waals surface area contributed by atoms with Gasteiger partial charge in [-0.1, -0.05) is 17.7 Å². The number of benzene rings is 2. The van der Waals surface area contributed by atoms with Gasteiger partial charge in [-0.2, -0.15) is 0 Å². The number of amides is 1. The molecule has 0 atom stereocenters. The molecule has 176 valence electrons. The van der Waals surface area contributed by atoms with E-state index in [2.05, 4.69) is 0 Å². The summed E-state index contributed by atoms with van der Waals surface area (Å²) >= 11 is 0. The first-order chi connectivity index (χ1) is 15.5. The molecule has 0 radical (unpaired) electrons. The summed E-state index contributed by atoms with van der Waals surface area (Å²) in [6, 6.07) is 12.3. The fourth-order valence-electron chi connectivity index (χ4n) is 4.13. The fourth-order valence-corrected chi connectivity index (χ4v) is 5.73. The van der Waals surface area contributed by atoms with E-state index in [0.29, 0.717) is 36.5 Å². The van der Waals surface area contributed by atoms with E-state index in [-0.39, 0.29) is 11.4 Å². The van der Waals surface area contributed by atoms with Crippen molar-refractivity contribution >= 4 is 27.0 Å². The summed E-state index contributed by atoms with van der Waals surface area (Å²) in [7, 11) is -3.83. The van der Waals surface area contributed by atoms with Gasteiger partial charge in [-0.05, 0) is 65.0 Å². The van der Waals surface area contributed by atoms with Crippen molar-refractivity contribution in [3.05, 3.63) is 59.3 Å². The number of carbonyl (C=O) groups excluding carboxylic acids is 1. The molecule has 0 fully saturated rings. The average Bonchev–Trinajstić information content (AvgIpc) is 3.07. The quantitative estimate of drug-likeness (QED) is 0.543. The van der Waals surface area contributed by atoms with Gasteiger partial charge in [-0.25, -0.2) is 17.2 Å². The molecule has 1 aromatic heterocycles. The van der Waals surface area contributed by atoms with Gasteiger partial charge >= 0.3 is 6.09 Å². The van der Waals surface area contributed by atoms with Crippen LogP contribution < -0.4 is 4.74 Å². The second kappa shape index (κ2) is 8.41. The molecule has 0 N–H and O–H groups in total. The molecular formula is C25H30N2O5S. The molecule has 0 aliphatic carbocycles. The molecular weight excluding hydrogens is 440 g/mol. The minimum Gasteiger partial charge on any atom is -0.494 e. The topological polar surface area (TPSA) is 77.8 Å². The molecule has 0 spiro atoms. The summed E-state index contributed by atoms with van der Waals surface area (Å²) < 4.78 is 40.1. The zero-order chi connectivity index (χ0) is 24.0. The second-order valence-corrected chi connectivity index (χ2v) is 11.1. The highest BCUT2D eigenvalue weighted by molar-refractivity contribution is 7.90. The Morgan fingerprint density at radius 2 is 1.79 bits per heavy atom. The van der Waals surface area contributed by atoms with Crippen LogP contribution in [0, 0.1) is 6.92 Å². The maximum absolute atomic E-state index is 13.7. The lowest BCUT2D eigenvalue weighted by atomic mass is 10.0. The molecule has 2 heterocycles. The van der Waals surface area contributed by atoms with Gasteiger partial charge in [0.2, 0.25) is 0 Å². The van der Waals surface area contributed by atoms with Gasteiger partial charge < -0.3 is 14.4 Å². The summed E-state index contributed by atoms with van der Waals surface area (Å²) in [5.74, 6) is 0.659. The molecule has 0 saturated carbocycles. The first-order valence-corrected chi connectivity index (χ1v) is 12.5. The highest BCUT2D eigenvalue weighted by Gasteiger charge is 2.33. The molecule has 0 saturated heterocycles. The van der Waals surface area contributed by atoms with Gasteiger partial charge in [0.1, 0.15) is 11.4 Å². The molecule has 2 aromatic carbocycles. The van der Waals surface area contributed by atoms with Gasteiger partial charge in [0.25, 0.3) is 10.0 Å². The number of nitrogens with zero attached hydrogens (tertiary/aromatic N) is 2. The number of aromatic nitrogens is 1. The first kappa shape index (κ1) is 23.2. The average molecular weight is 471 g/mol. The minimum absolute atomic E-state index is 0.233. The van der Waals surface area contributed by atoms with Gasteiger partial charge in [0.05, 0.1) is 23.6 Å². The molecule has 7 nitrogen and oxygen atoms in total. The van der Waals surface area contributed by atoms with Crippen LogP contribution in [0.3, 0.4) is 0 Å². The monoisotopic (exact) mass is 470 g/mol. The highest BCUT2D eigenvalue weighted by Crippen LogP contribution is 2.36. The maximum Gasteiger partial charge on any atom is 0.410 e. The van der Waals surface area contributed by atoms with Crippen molar-refractivity contribution in [2.75, 3.05) is 13.2 Å². The number of rotatable bonds is 4. The molecule has 0 bridgehead atoms. The van der Waals surface area contributed by atoms with Crippen molar-refractivity contribution in [3.63, 3.8) is 0 Å². The molecule has 33 heavy (non-hydrogen) atoms. The first-order valence-electron chi connectivity index (χ1n) is 11.1. The van der Waals surface area contributed by atoms with E-state index in [9.17, 15) is 13.2 Å². The number of hydrogen-bond donors (Lipinski definition) is 0. The van der Waals surface area contributed by atoms with Gasteiger partial charge in [0.15, 0.2) is 0 Å². The third-order valence-corrected chi connectivity index (χ3v) is 7.36. The lowest BCUT2D eigenvalue weighted by Gasteiger charge is -2.30. The number of aryl methyl sites for hydroxylation is 1. The van der Waals surface area contributed by atoms with Crippen molar-refractivity contribution in [1.29, 1.82) is 0 Å². The van der Waals surface area contributed by atoms with E-state index < -0.39 is 21.7 Å². The second-order valence-electron chi connectivity index (χ2n) is 9.27. The Labute approximate surface area is 195 Å². The van der Waals surface area contributed by atoms with Crippen molar-refractivity contribution in [2.45, 2.75) is 58.1 Å². The molecule has 1 aliphatic heterocycles. The minimum atomic E-state index is -3.83. The van der Waals surface area contributed by atoms with Crippen LogP contribution in [0.5, 0.6) is 5.75 Å². The predicted molar refractivity (Wildman–Crippen MR) is 127 cm³/mol. The van der Waals surface area contributed by atoms with E-state index >= 15 is 0 Å². The van der Waals surface area contributed by atoms with Crippen LogP contribution >= 0.6 is 0 Å². The number of hydrogen-bond acceptors (Lipinski definition) is 5. The van der Waals surface area contributed by atoms with E-state index in [4.69, 9.17) is 9.47 Å². The third kappa shape index (κ3) is 4.44. The normalized spacial score (nSPS) is 14.3. The SMILES string of the molecule is CCOc1ccc2c(c1)c1c(n2S(=O)(=O)c2ccc(C)cc2)CCN(C(=O)OC(C)(C)C)C1. The highest BCUT2D eigenvalue weighted by atomic mass is 32.2. The Morgan fingerprint density at radius 1 is 1.09 bits per heavy atom. The van der Waals surface area contributed by atoms with Crippen LogP contribution in [0.2, 0.25) is 0 Å². The lowest BCUT2D eigenvalue weighted by molar-refractivity contribution is 0.0224. The summed E-state index contributed by atoms with van der Waals surface area (Å²) in [4.78, 5) is 14.6. The maximum atomic E-state index is 13.7. The Bertz CT molecular complexity index is 1300.